The van der Waals surface area contributed by atoms with E-state index in [-0.39, 0.29) is 0 Å². The minimum absolute atomic E-state index is 0.874. The highest BCUT2D eigenvalue weighted by Gasteiger charge is 2.16. The largest absolute Gasteiger partial charge is 0.355 e. The van der Waals surface area contributed by atoms with E-state index >= 15 is 0 Å². The van der Waals surface area contributed by atoms with Crippen LogP contribution in [0.1, 0.15) is 23.7 Å². The number of hydrogen-bond acceptors (Lipinski definition) is 4. The van der Waals surface area contributed by atoms with Crippen LogP contribution in [0, 0.1) is 6.92 Å². The lowest BCUT2D eigenvalue weighted by Crippen LogP contribution is -2.22. The van der Waals surface area contributed by atoms with Crippen LogP contribution in [0.2, 0.25) is 0 Å². The second-order valence-corrected chi connectivity index (χ2v) is 5.56. The summed E-state index contributed by atoms with van der Waals surface area (Å²) in [6.45, 7) is 6.97. The first kappa shape index (κ1) is 14.1. The molecule has 0 aliphatic heterocycles. The number of rotatable bonds is 6. The lowest BCUT2D eigenvalue weighted by molar-refractivity contribution is 0.709. The molecular weight excluding hydrogens is 256 g/mol. The first-order valence-electron chi connectivity index (χ1n) is 6.58. The van der Waals surface area contributed by atoms with Crippen molar-refractivity contribution in [3.05, 3.63) is 33.6 Å². The van der Waals surface area contributed by atoms with Crippen LogP contribution >= 0.6 is 11.3 Å². The zero-order chi connectivity index (χ0) is 13.8. The summed E-state index contributed by atoms with van der Waals surface area (Å²) in [5.41, 5.74) is 3.75. The molecule has 0 bridgehead atoms. The van der Waals surface area contributed by atoms with Gasteiger partial charge in [0, 0.05) is 32.7 Å². The van der Waals surface area contributed by atoms with Gasteiger partial charge in [0.25, 0.3) is 0 Å². The fourth-order valence-corrected chi connectivity index (χ4v) is 3.02. The molecule has 104 valence electrons. The summed E-state index contributed by atoms with van der Waals surface area (Å²) in [6.07, 6.45) is 0. The van der Waals surface area contributed by atoms with Gasteiger partial charge in [0.1, 0.15) is 5.82 Å². The maximum absolute atomic E-state index is 4.55. The third-order valence-corrected chi connectivity index (χ3v) is 3.96. The average Bonchev–Trinajstić information content (AvgIpc) is 2.94. The minimum Gasteiger partial charge on any atom is -0.355 e. The highest BCUT2D eigenvalue weighted by atomic mass is 32.1. The Morgan fingerprint density at radius 1 is 1.47 bits per heavy atom. The normalized spacial score (nSPS) is 10.9. The standard InChI is InChI=1S/C14H22N4S/c1-5-15-8-13-11(2)16-18(4)14(13)17(3)9-12-6-7-19-10-12/h6-7,10,15H,5,8-9H2,1-4H3. The Morgan fingerprint density at radius 3 is 2.89 bits per heavy atom. The van der Waals surface area contributed by atoms with E-state index in [1.165, 1.54) is 16.9 Å². The second kappa shape index (κ2) is 6.21. The molecule has 2 aromatic rings. The van der Waals surface area contributed by atoms with Gasteiger partial charge in [-0.2, -0.15) is 16.4 Å². The van der Waals surface area contributed by atoms with Crippen molar-refractivity contribution in [3.8, 4) is 0 Å². The number of aromatic nitrogens is 2. The van der Waals surface area contributed by atoms with Crippen LogP contribution in [0.15, 0.2) is 16.8 Å². The van der Waals surface area contributed by atoms with Crippen molar-refractivity contribution in [1.82, 2.24) is 15.1 Å². The van der Waals surface area contributed by atoms with Crippen LogP contribution in [0.25, 0.3) is 0 Å². The molecule has 19 heavy (non-hydrogen) atoms. The van der Waals surface area contributed by atoms with E-state index in [0.717, 1.165) is 25.3 Å². The summed E-state index contributed by atoms with van der Waals surface area (Å²) < 4.78 is 1.98. The van der Waals surface area contributed by atoms with Gasteiger partial charge in [0.15, 0.2) is 0 Å². The summed E-state index contributed by atoms with van der Waals surface area (Å²) >= 11 is 1.74. The molecule has 0 saturated heterocycles. The van der Waals surface area contributed by atoms with Crippen LogP contribution < -0.4 is 10.2 Å². The van der Waals surface area contributed by atoms with E-state index in [9.17, 15) is 0 Å². The number of hydrogen-bond donors (Lipinski definition) is 1. The van der Waals surface area contributed by atoms with Gasteiger partial charge in [0.2, 0.25) is 0 Å². The zero-order valence-electron chi connectivity index (χ0n) is 12.1. The van der Waals surface area contributed by atoms with Gasteiger partial charge < -0.3 is 10.2 Å². The summed E-state index contributed by atoms with van der Waals surface area (Å²) in [5.74, 6) is 1.20. The van der Waals surface area contributed by atoms with Gasteiger partial charge in [-0.15, -0.1) is 0 Å². The Morgan fingerprint density at radius 2 is 2.26 bits per heavy atom. The van der Waals surface area contributed by atoms with Crippen molar-refractivity contribution >= 4 is 17.2 Å². The molecule has 0 radical (unpaired) electrons. The van der Waals surface area contributed by atoms with Crippen LogP contribution in [0.3, 0.4) is 0 Å². The van der Waals surface area contributed by atoms with E-state index < -0.39 is 0 Å². The van der Waals surface area contributed by atoms with Crippen LogP contribution in [-0.4, -0.2) is 23.4 Å². The molecule has 1 N–H and O–H groups in total. The molecule has 0 aromatic carbocycles. The molecule has 0 aliphatic rings. The third-order valence-electron chi connectivity index (χ3n) is 3.23. The number of nitrogens with one attached hydrogen (secondary N) is 1. The number of nitrogens with zero attached hydrogens (tertiary/aromatic N) is 3. The summed E-state index contributed by atoms with van der Waals surface area (Å²) in [6, 6.07) is 2.17. The molecule has 0 atom stereocenters. The van der Waals surface area contributed by atoms with Crippen molar-refractivity contribution in [2.45, 2.75) is 26.9 Å². The Balaban J connectivity index is 2.22. The minimum atomic E-state index is 0.874. The summed E-state index contributed by atoms with van der Waals surface area (Å²) in [4.78, 5) is 2.27. The number of thiophene rings is 1. The van der Waals surface area contributed by atoms with Crippen LogP contribution in [0.4, 0.5) is 5.82 Å². The number of anilines is 1. The van der Waals surface area contributed by atoms with Gasteiger partial charge in [-0.1, -0.05) is 6.92 Å². The maximum Gasteiger partial charge on any atom is 0.131 e. The predicted molar refractivity (Wildman–Crippen MR) is 81.8 cm³/mol. The SMILES string of the molecule is CCNCc1c(C)nn(C)c1N(C)Cc1ccsc1. The van der Waals surface area contributed by atoms with Gasteiger partial charge in [0.05, 0.1) is 5.69 Å². The molecule has 4 nitrogen and oxygen atoms in total. The van der Waals surface area contributed by atoms with Gasteiger partial charge in [-0.05, 0) is 35.9 Å². The lowest BCUT2D eigenvalue weighted by atomic mass is 10.2. The Hall–Kier alpha value is -1.33. The molecule has 0 fully saturated rings. The molecule has 0 aliphatic carbocycles. The second-order valence-electron chi connectivity index (χ2n) is 4.78. The Kier molecular flexibility index (Phi) is 4.61. The highest BCUT2D eigenvalue weighted by molar-refractivity contribution is 7.07. The van der Waals surface area contributed by atoms with Gasteiger partial charge in [-0.3, -0.25) is 4.68 Å². The van der Waals surface area contributed by atoms with Crippen molar-refractivity contribution in [3.63, 3.8) is 0 Å². The van der Waals surface area contributed by atoms with E-state index in [1.54, 1.807) is 11.3 Å². The number of aryl methyl sites for hydroxylation is 2. The van der Waals surface area contributed by atoms with Crippen LogP contribution in [-0.2, 0) is 20.1 Å². The maximum atomic E-state index is 4.55. The molecular formula is C14H22N4S. The van der Waals surface area contributed by atoms with Crippen molar-refractivity contribution < 1.29 is 0 Å². The van der Waals surface area contributed by atoms with Crippen molar-refractivity contribution in [2.24, 2.45) is 7.05 Å². The molecule has 2 heterocycles. The zero-order valence-corrected chi connectivity index (χ0v) is 12.9. The summed E-state index contributed by atoms with van der Waals surface area (Å²) in [7, 11) is 4.14. The first-order chi connectivity index (χ1) is 9.13. The van der Waals surface area contributed by atoms with E-state index in [2.05, 4.69) is 53.0 Å². The Labute approximate surface area is 119 Å². The molecule has 0 saturated carbocycles. The highest BCUT2D eigenvalue weighted by Crippen LogP contribution is 2.24. The monoisotopic (exact) mass is 278 g/mol. The fraction of sp³-hybridized carbons (Fsp3) is 0.500. The first-order valence-corrected chi connectivity index (χ1v) is 7.53. The van der Waals surface area contributed by atoms with E-state index in [1.807, 2.05) is 11.7 Å². The molecule has 2 aromatic heterocycles. The third kappa shape index (κ3) is 3.16. The van der Waals surface area contributed by atoms with E-state index in [0.29, 0.717) is 0 Å². The molecule has 0 unspecified atom stereocenters. The fourth-order valence-electron chi connectivity index (χ4n) is 2.36. The molecule has 0 amide bonds. The van der Waals surface area contributed by atoms with Crippen LogP contribution in [0.5, 0.6) is 0 Å². The summed E-state index contributed by atoms with van der Waals surface area (Å²) in [5, 5.41) is 12.3. The van der Waals surface area contributed by atoms with Gasteiger partial charge >= 0.3 is 0 Å². The lowest BCUT2D eigenvalue weighted by Gasteiger charge is -2.20. The van der Waals surface area contributed by atoms with Crippen molar-refractivity contribution in [2.75, 3.05) is 18.5 Å². The van der Waals surface area contributed by atoms with Crippen molar-refractivity contribution in [1.29, 1.82) is 0 Å². The average molecular weight is 278 g/mol. The predicted octanol–water partition coefficient (Wildman–Crippen LogP) is 2.54. The molecule has 0 spiro atoms. The smallest absolute Gasteiger partial charge is 0.131 e. The topological polar surface area (TPSA) is 33.1 Å². The van der Waals surface area contributed by atoms with Gasteiger partial charge in [-0.25, -0.2) is 0 Å². The quantitative estimate of drug-likeness (QED) is 0.881. The van der Waals surface area contributed by atoms with E-state index in [4.69, 9.17) is 0 Å². The molecule has 2 rings (SSSR count). The molecule has 5 heteroatoms. The Bertz CT molecular complexity index is 516.